The summed E-state index contributed by atoms with van der Waals surface area (Å²) in [6, 6.07) is 5.31. The largest absolute Gasteiger partial charge is 0.423 e. The molecule has 0 spiro atoms. The molecule has 6 nitrogen and oxygen atoms in total. The number of aromatic nitrogens is 1. The molecule has 1 aliphatic carbocycles. The topological polar surface area (TPSA) is 81.2 Å². The van der Waals surface area contributed by atoms with Gasteiger partial charge in [-0.25, -0.2) is 0 Å². The first-order chi connectivity index (χ1) is 9.61. The van der Waals surface area contributed by atoms with Crippen molar-refractivity contribution in [3.8, 4) is 0 Å². The average Bonchev–Trinajstić information content (AvgIpc) is 2.82. The molecule has 1 heterocycles. The van der Waals surface area contributed by atoms with Crippen LogP contribution in [0.1, 0.15) is 32.6 Å². The molecule has 0 bridgehead atoms. The van der Waals surface area contributed by atoms with Crippen LogP contribution in [0.4, 0.5) is 11.7 Å². The monoisotopic (exact) mass is 275 g/mol. The second kappa shape index (κ2) is 5.11. The van der Waals surface area contributed by atoms with Crippen molar-refractivity contribution in [1.82, 2.24) is 4.98 Å². The van der Waals surface area contributed by atoms with Crippen molar-refractivity contribution in [2.75, 3.05) is 5.32 Å². The van der Waals surface area contributed by atoms with E-state index >= 15 is 0 Å². The molecule has 1 N–H and O–H groups in total. The van der Waals surface area contributed by atoms with Gasteiger partial charge in [0.05, 0.1) is 11.0 Å². The van der Waals surface area contributed by atoms with Crippen molar-refractivity contribution in [2.24, 2.45) is 5.92 Å². The van der Waals surface area contributed by atoms with Gasteiger partial charge in [0.15, 0.2) is 5.58 Å². The van der Waals surface area contributed by atoms with Crippen LogP contribution in [0.5, 0.6) is 0 Å². The third kappa shape index (κ3) is 2.59. The Balaban J connectivity index is 1.77. The predicted molar refractivity (Wildman–Crippen MR) is 75.7 cm³/mol. The summed E-state index contributed by atoms with van der Waals surface area (Å²) < 4.78 is 5.56. The third-order valence-corrected chi connectivity index (χ3v) is 3.93. The number of rotatable bonds is 3. The Kier molecular flexibility index (Phi) is 3.30. The molecule has 0 aliphatic heterocycles. The highest BCUT2D eigenvalue weighted by Crippen LogP contribution is 2.28. The number of hydrogen-bond donors (Lipinski definition) is 1. The molecule has 1 fully saturated rings. The van der Waals surface area contributed by atoms with Gasteiger partial charge in [-0.05, 0) is 37.7 Å². The van der Waals surface area contributed by atoms with Crippen molar-refractivity contribution in [3.63, 3.8) is 0 Å². The number of nitrogens with one attached hydrogen (secondary N) is 1. The molecular weight excluding hydrogens is 258 g/mol. The van der Waals surface area contributed by atoms with Crippen LogP contribution in [0.2, 0.25) is 0 Å². The van der Waals surface area contributed by atoms with Gasteiger partial charge in [-0.2, -0.15) is 4.98 Å². The van der Waals surface area contributed by atoms with Gasteiger partial charge in [-0.15, -0.1) is 0 Å². The van der Waals surface area contributed by atoms with E-state index in [1.54, 1.807) is 6.07 Å². The van der Waals surface area contributed by atoms with Gasteiger partial charge < -0.3 is 9.73 Å². The van der Waals surface area contributed by atoms with Gasteiger partial charge in [0.25, 0.3) is 11.7 Å². The highest BCUT2D eigenvalue weighted by atomic mass is 16.6. The zero-order chi connectivity index (χ0) is 14.1. The van der Waals surface area contributed by atoms with Crippen LogP contribution in [0, 0.1) is 16.0 Å². The molecule has 20 heavy (non-hydrogen) atoms. The average molecular weight is 275 g/mol. The molecule has 1 aromatic heterocycles. The zero-order valence-electron chi connectivity index (χ0n) is 11.3. The SMILES string of the molecule is CC1CCC(Nc2nc3ccc([N+](=O)[O-])cc3o2)CC1. The number of fused-ring (bicyclic) bond motifs is 1. The van der Waals surface area contributed by atoms with E-state index in [1.807, 2.05) is 0 Å². The Bertz CT molecular complexity index is 630. The third-order valence-electron chi connectivity index (χ3n) is 3.93. The zero-order valence-corrected chi connectivity index (χ0v) is 11.3. The second-order valence-corrected chi connectivity index (χ2v) is 5.53. The highest BCUT2D eigenvalue weighted by Gasteiger charge is 2.20. The molecule has 0 amide bonds. The normalized spacial score (nSPS) is 22.9. The van der Waals surface area contributed by atoms with E-state index in [0.717, 1.165) is 18.8 Å². The van der Waals surface area contributed by atoms with E-state index in [-0.39, 0.29) is 5.69 Å². The summed E-state index contributed by atoms with van der Waals surface area (Å²) in [5.74, 6) is 0.791. The van der Waals surface area contributed by atoms with Crippen LogP contribution in [0.15, 0.2) is 22.6 Å². The lowest BCUT2D eigenvalue weighted by Crippen LogP contribution is -2.25. The predicted octanol–water partition coefficient (Wildman–Crippen LogP) is 3.73. The summed E-state index contributed by atoms with van der Waals surface area (Å²) in [5.41, 5.74) is 1.11. The molecule has 1 saturated carbocycles. The summed E-state index contributed by atoms with van der Waals surface area (Å²) in [4.78, 5) is 14.6. The molecule has 106 valence electrons. The highest BCUT2D eigenvalue weighted by molar-refractivity contribution is 5.77. The fourth-order valence-electron chi connectivity index (χ4n) is 2.67. The Labute approximate surface area is 116 Å². The molecular formula is C14H17N3O3. The minimum atomic E-state index is -0.433. The minimum Gasteiger partial charge on any atom is -0.423 e. The van der Waals surface area contributed by atoms with Crippen molar-refractivity contribution in [1.29, 1.82) is 0 Å². The van der Waals surface area contributed by atoms with E-state index in [9.17, 15) is 10.1 Å². The Hall–Kier alpha value is -2.11. The first kappa shape index (κ1) is 12.9. The number of nitrogens with zero attached hydrogens (tertiary/aromatic N) is 2. The molecule has 2 aromatic rings. The van der Waals surface area contributed by atoms with Crippen LogP contribution >= 0.6 is 0 Å². The summed E-state index contributed by atoms with van der Waals surface area (Å²) in [7, 11) is 0. The van der Waals surface area contributed by atoms with Crippen LogP contribution in [0.3, 0.4) is 0 Å². The molecule has 1 aliphatic rings. The standard InChI is InChI=1S/C14H17N3O3/c1-9-2-4-10(5-3-9)15-14-16-12-7-6-11(17(18)19)8-13(12)20-14/h6-10H,2-5H2,1H3,(H,15,16). The van der Waals surface area contributed by atoms with Crippen molar-refractivity contribution in [2.45, 2.75) is 38.6 Å². The fourth-order valence-corrected chi connectivity index (χ4v) is 2.67. The number of benzene rings is 1. The maximum absolute atomic E-state index is 10.7. The van der Waals surface area contributed by atoms with Crippen molar-refractivity contribution < 1.29 is 9.34 Å². The van der Waals surface area contributed by atoms with Gasteiger partial charge in [0, 0.05) is 12.1 Å². The summed E-state index contributed by atoms with van der Waals surface area (Å²) in [6.07, 6.45) is 4.65. The van der Waals surface area contributed by atoms with E-state index in [4.69, 9.17) is 4.42 Å². The van der Waals surface area contributed by atoms with Gasteiger partial charge in [0.2, 0.25) is 0 Å². The molecule has 0 atom stereocenters. The quantitative estimate of drug-likeness (QED) is 0.681. The van der Waals surface area contributed by atoms with Crippen LogP contribution in [-0.2, 0) is 0 Å². The van der Waals surface area contributed by atoms with Crippen LogP contribution in [-0.4, -0.2) is 15.9 Å². The number of anilines is 1. The molecule has 1 aromatic carbocycles. The van der Waals surface area contributed by atoms with Crippen molar-refractivity contribution >= 4 is 22.8 Å². The Morgan fingerprint density at radius 3 is 2.80 bits per heavy atom. The summed E-state index contributed by atoms with van der Waals surface area (Å²) >= 11 is 0. The molecule has 3 rings (SSSR count). The van der Waals surface area contributed by atoms with E-state index < -0.39 is 4.92 Å². The van der Waals surface area contributed by atoms with E-state index in [2.05, 4.69) is 17.2 Å². The first-order valence-electron chi connectivity index (χ1n) is 6.93. The number of hydrogen-bond acceptors (Lipinski definition) is 5. The molecule has 6 heteroatoms. The second-order valence-electron chi connectivity index (χ2n) is 5.53. The van der Waals surface area contributed by atoms with Gasteiger partial charge >= 0.3 is 0 Å². The van der Waals surface area contributed by atoms with Gasteiger partial charge in [-0.3, -0.25) is 10.1 Å². The fraction of sp³-hybridized carbons (Fsp3) is 0.500. The maximum atomic E-state index is 10.7. The molecule has 0 saturated heterocycles. The van der Waals surface area contributed by atoms with E-state index in [0.29, 0.717) is 23.2 Å². The number of nitro groups is 1. The van der Waals surface area contributed by atoms with Gasteiger partial charge in [0.1, 0.15) is 5.52 Å². The first-order valence-corrected chi connectivity index (χ1v) is 6.93. The Morgan fingerprint density at radius 2 is 2.10 bits per heavy atom. The minimum absolute atomic E-state index is 0.0201. The van der Waals surface area contributed by atoms with Gasteiger partial charge in [-0.1, -0.05) is 6.92 Å². The summed E-state index contributed by atoms with van der Waals surface area (Å²) in [6.45, 7) is 2.27. The van der Waals surface area contributed by atoms with Crippen LogP contribution in [0.25, 0.3) is 11.1 Å². The molecule has 0 unspecified atom stereocenters. The summed E-state index contributed by atoms with van der Waals surface area (Å²) in [5, 5.41) is 14.0. The Morgan fingerprint density at radius 1 is 1.35 bits per heavy atom. The maximum Gasteiger partial charge on any atom is 0.295 e. The number of nitro benzene ring substituents is 1. The number of non-ortho nitro benzene ring substituents is 1. The molecule has 0 radical (unpaired) electrons. The van der Waals surface area contributed by atoms with E-state index in [1.165, 1.54) is 25.0 Å². The van der Waals surface area contributed by atoms with Crippen LogP contribution < -0.4 is 5.32 Å². The smallest absolute Gasteiger partial charge is 0.295 e. The lowest BCUT2D eigenvalue weighted by molar-refractivity contribution is -0.384. The lowest BCUT2D eigenvalue weighted by atomic mass is 9.87. The number of oxazole rings is 1. The van der Waals surface area contributed by atoms with Crippen molar-refractivity contribution in [3.05, 3.63) is 28.3 Å². The lowest BCUT2D eigenvalue weighted by Gasteiger charge is -2.26.